The lowest BCUT2D eigenvalue weighted by Crippen LogP contribution is -2.11. The highest BCUT2D eigenvalue weighted by Crippen LogP contribution is 2.37. The molecule has 0 radical (unpaired) electrons. The first-order chi connectivity index (χ1) is 7.79. The van der Waals surface area contributed by atoms with Crippen molar-refractivity contribution in [2.75, 3.05) is 6.61 Å². The van der Waals surface area contributed by atoms with E-state index in [2.05, 4.69) is 0 Å². The van der Waals surface area contributed by atoms with Crippen LogP contribution in [0.3, 0.4) is 0 Å². The Morgan fingerprint density at radius 1 is 1.35 bits per heavy atom. The average Bonchev–Trinajstić information content (AvgIpc) is 2.18. The lowest BCUT2D eigenvalue weighted by molar-refractivity contribution is -0.138. The minimum atomic E-state index is -4.44. The van der Waals surface area contributed by atoms with Crippen LogP contribution in [0.1, 0.15) is 35.3 Å². The van der Waals surface area contributed by atoms with Gasteiger partial charge < -0.3 is 4.74 Å². The Hall–Kier alpha value is -1.52. The predicted octanol–water partition coefficient (Wildman–Crippen LogP) is 3.62. The van der Waals surface area contributed by atoms with E-state index in [-0.39, 0.29) is 29.3 Å². The number of carbonyl (C=O) groups is 1. The van der Waals surface area contributed by atoms with Gasteiger partial charge in [0.15, 0.2) is 5.78 Å². The van der Waals surface area contributed by atoms with E-state index in [9.17, 15) is 18.0 Å². The van der Waals surface area contributed by atoms with Gasteiger partial charge in [0.2, 0.25) is 0 Å². The lowest BCUT2D eigenvalue weighted by Gasteiger charge is -2.16. The highest BCUT2D eigenvalue weighted by molar-refractivity contribution is 5.97. The number of hydrogen-bond acceptors (Lipinski definition) is 2. The number of halogens is 3. The monoisotopic (exact) mass is 246 g/mol. The largest absolute Gasteiger partial charge is 0.493 e. The average molecular weight is 246 g/mol. The molecule has 94 valence electrons. The molecule has 17 heavy (non-hydrogen) atoms. The van der Waals surface area contributed by atoms with Gasteiger partial charge in [-0.1, -0.05) is 0 Å². The third kappa shape index (κ3) is 2.78. The SMILES string of the molecule is CCOc1c(C(C)=O)ccc(C(F)(F)F)c1C. The van der Waals surface area contributed by atoms with Crippen LogP contribution in [0.5, 0.6) is 5.75 Å². The van der Waals surface area contributed by atoms with Crippen LogP contribution in [0, 0.1) is 6.92 Å². The van der Waals surface area contributed by atoms with Crippen LogP contribution in [0.25, 0.3) is 0 Å². The van der Waals surface area contributed by atoms with Crippen LogP contribution >= 0.6 is 0 Å². The topological polar surface area (TPSA) is 26.3 Å². The van der Waals surface area contributed by atoms with Gasteiger partial charge in [0.05, 0.1) is 17.7 Å². The molecule has 2 nitrogen and oxygen atoms in total. The van der Waals surface area contributed by atoms with Gasteiger partial charge in [0.1, 0.15) is 5.75 Å². The molecule has 0 saturated heterocycles. The van der Waals surface area contributed by atoms with E-state index in [1.54, 1.807) is 6.92 Å². The van der Waals surface area contributed by atoms with Gasteiger partial charge in [-0.05, 0) is 32.9 Å². The Kier molecular flexibility index (Phi) is 3.80. The van der Waals surface area contributed by atoms with Crippen molar-refractivity contribution in [3.05, 3.63) is 28.8 Å². The fourth-order valence-corrected chi connectivity index (χ4v) is 1.61. The summed E-state index contributed by atoms with van der Waals surface area (Å²) in [4.78, 5) is 11.3. The molecule has 0 amide bonds. The van der Waals surface area contributed by atoms with Crippen molar-refractivity contribution in [1.82, 2.24) is 0 Å². The fraction of sp³-hybridized carbons (Fsp3) is 0.417. The predicted molar refractivity (Wildman–Crippen MR) is 57.4 cm³/mol. The number of rotatable bonds is 3. The van der Waals surface area contributed by atoms with Crippen molar-refractivity contribution < 1.29 is 22.7 Å². The Morgan fingerprint density at radius 2 is 1.94 bits per heavy atom. The Bertz CT molecular complexity index is 436. The molecule has 5 heteroatoms. The van der Waals surface area contributed by atoms with Crippen LogP contribution in [0.4, 0.5) is 13.2 Å². The van der Waals surface area contributed by atoms with Crippen LogP contribution in [-0.4, -0.2) is 12.4 Å². The second-order valence-corrected chi connectivity index (χ2v) is 3.60. The van der Waals surface area contributed by atoms with Crippen molar-refractivity contribution in [3.63, 3.8) is 0 Å². The minimum absolute atomic E-state index is 0.0230. The van der Waals surface area contributed by atoms with Crippen LogP contribution in [0.2, 0.25) is 0 Å². The summed E-state index contributed by atoms with van der Waals surface area (Å²) in [5, 5.41) is 0. The zero-order valence-corrected chi connectivity index (χ0v) is 9.81. The molecule has 0 atom stereocenters. The molecule has 0 unspecified atom stereocenters. The standard InChI is InChI=1S/C12H13F3O2/c1-4-17-11-7(2)10(12(13,14)15)6-5-9(11)8(3)16/h5-6H,4H2,1-3H3. The molecule has 1 aromatic rings. The molecule has 0 bridgehead atoms. The van der Waals surface area contributed by atoms with Crippen molar-refractivity contribution in [3.8, 4) is 5.75 Å². The number of Topliss-reactive ketones (excluding diaryl/α,β-unsaturated/α-hetero) is 1. The van der Waals surface area contributed by atoms with Gasteiger partial charge in [-0.15, -0.1) is 0 Å². The summed E-state index contributed by atoms with van der Waals surface area (Å²) in [5.74, 6) is -0.292. The Labute approximate surface area is 97.4 Å². The lowest BCUT2D eigenvalue weighted by atomic mass is 10.0. The highest BCUT2D eigenvalue weighted by Gasteiger charge is 2.34. The number of ether oxygens (including phenoxy) is 1. The van der Waals surface area contributed by atoms with Crippen LogP contribution in [0.15, 0.2) is 12.1 Å². The molecular weight excluding hydrogens is 233 g/mol. The molecule has 0 aliphatic heterocycles. The van der Waals surface area contributed by atoms with Gasteiger partial charge in [-0.2, -0.15) is 13.2 Å². The highest BCUT2D eigenvalue weighted by atomic mass is 19.4. The number of ketones is 1. The summed E-state index contributed by atoms with van der Waals surface area (Å²) in [5.41, 5.74) is -0.643. The second-order valence-electron chi connectivity index (χ2n) is 3.60. The second kappa shape index (κ2) is 4.77. The molecule has 0 fully saturated rings. The Morgan fingerprint density at radius 3 is 2.35 bits per heavy atom. The molecule has 0 aromatic heterocycles. The first-order valence-electron chi connectivity index (χ1n) is 5.13. The normalized spacial score (nSPS) is 11.4. The molecule has 1 aromatic carbocycles. The number of hydrogen-bond donors (Lipinski definition) is 0. The van der Waals surface area contributed by atoms with E-state index in [4.69, 9.17) is 4.74 Å². The van der Waals surface area contributed by atoms with Crippen molar-refractivity contribution in [2.45, 2.75) is 26.9 Å². The van der Waals surface area contributed by atoms with Crippen molar-refractivity contribution >= 4 is 5.78 Å². The summed E-state index contributed by atoms with van der Waals surface area (Å²) >= 11 is 0. The van der Waals surface area contributed by atoms with E-state index in [1.807, 2.05) is 0 Å². The third-order valence-corrected chi connectivity index (χ3v) is 2.38. The first kappa shape index (κ1) is 13.5. The van der Waals surface area contributed by atoms with Crippen molar-refractivity contribution in [1.29, 1.82) is 0 Å². The third-order valence-electron chi connectivity index (χ3n) is 2.38. The molecule has 0 N–H and O–H groups in total. The molecular formula is C12H13F3O2. The van der Waals surface area contributed by atoms with Gasteiger partial charge in [-0.3, -0.25) is 4.79 Å². The van der Waals surface area contributed by atoms with E-state index in [0.717, 1.165) is 12.1 Å². The van der Waals surface area contributed by atoms with Gasteiger partial charge in [0, 0.05) is 5.56 Å². The molecule has 0 spiro atoms. The Balaban J connectivity index is 3.43. The number of benzene rings is 1. The quantitative estimate of drug-likeness (QED) is 0.761. The molecule has 1 rings (SSSR count). The number of carbonyl (C=O) groups excluding carboxylic acids is 1. The summed E-state index contributed by atoms with van der Waals surface area (Å²) in [7, 11) is 0. The first-order valence-corrected chi connectivity index (χ1v) is 5.13. The minimum Gasteiger partial charge on any atom is -0.493 e. The zero-order valence-electron chi connectivity index (χ0n) is 9.81. The molecule has 0 aliphatic rings. The molecule has 0 heterocycles. The smallest absolute Gasteiger partial charge is 0.416 e. The van der Waals surface area contributed by atoms with E-state index in [1.165, 1.54) is 13.8 Å². The zero-order chi connectivity index (χ0) is 13.2. The van der Waals surface area contributed by atoms with Gasteiger partial charge >= 0.3 is 6.18 Å². The fourth-order valence-electron chi connectivity index (χ4n) is 1.61. The maximum absolute atomic E-state index is 12.7. The van der Waals surface area contributed by atoms with E-state index in [0.29, 0.717) is 0 Å². The molecule has 0 aliphatic carbocycles. The van der Waals surface area contributed by atoms with Crippen LogP contribution < -0.4 is 4.74 Å². The van der Waals surface area contributed by atoms with Gasteiger partial charge in [-0.25, -0.2) is 0 Å². The van der Waals surface area contributed by atoms with Gasteiger partial charge in [0.25, 0.3) is 0 Å². The summed E-state index contributed by atoms with van der Waals surface area (Å²) in [6.07, 6.45) is -4.44. The van der Waals surface area contributed by atoms with E-state index >= 15 is 0 Å². The number of alkyl halides is 3. The van der Waals surface area contributed by atoms with E-state index < -0.39 is 11.7 Å². The van der Waals surface area contributed by atoms with Crippen LogP contribution in [-0.2, 0) is 6.18 Å². The maximum atomic E-state index is 12.7. The van der Waals surface area contributed by atoms with Crippen molar-refractivity contribution in [2.24, 2.45) is 0 Å². The summed E-state index contributed by atoms with van der Waals surface area (Å²) < 4.78 is 43.1. The maximum Gasteiger partial charge on any atom is 0.416 e. The summed E-state index contributed by atoms with van der Waals surface area (Å²) in [6, 6.07) is 2.07. The summed E-state index contributed by atoms with van der Waals surface area (Å²) in [6.45, 7) is 4.47. The molecule has 0 saturated carbocycles.